The first-order valence-electron chi connectivity index (χ1n) is 7.98. The number of aromatic amines is 1. The Hall–Kier alpha value is -2.48. The van der Waals surface area contributed by atoms with Gasteiger partial charge in [-0.15, -0.1) is 0 Å². The summed E-state index contributed by atoms with van der Waals surface area (Å²) in [4.78, 5) is 32.4. The quantitative estimate of drug-likeness (QED) is 0.520. The predicted molar refractivity (Wildman–Crippen MR) is 96.9 cm³/mol. The van der Waals surface area contributed by atoms with Gasteiger partial charge in [0.15, 0.2) is 5.16 Å². The smallest absolute Gasteiger partial charge is 0.278 e. The van der Waals surface area contributed by atoms with Gasteiger partial charge in [0.25, 0.3) is 5.56 Å². The van der Waals surface area contributed by atoms with E-state index in [0.717, 1.165) is 5.69 Å². The maximum Gasteiger partial charge on any atom is 0.278 e. The lowest BCUT2D eigenvalue weighted by Crippen LogP contribution is -2.32. The zero-order valence-electron chi connectivity index (χ0n) is 14.3. The normalized spacial score (nSPS) is 11.4. The second-order valence-electron chi connectivity index (χ2n) is 6.09. The molecule has 25 heavy (non-hydrogen) atoms. The zero-order valence-corrected chi connectivity index (χ0v) is 15.1. The molecule has 0 saturated heterocycles. The highest BCUT2D eigenvalue weighted by Gasteiger charge is 2.16. The Morgan fingerprint density at radius 3 is 2.96 bits per heavy atom. The summed E-state index contributed by atoms with van der Waals surface area (Å²) in [6.07, 6.45) is 1.56. The van der Waals surface area contributed by atoms with Crippen molar-refractivity contribution in [1.29, 1.82) is 0 Å². The summed E-state index contributed by atoms with van der Waals surface area (Å²) in [5.41, 5.74) is 1.75. The molecule has 3 rings (SSSR count). The van der Waals surface area contributed by atoms with Crippen molar-refractivity contribution in [3.8, 4) is 0 Å². The Bertz CT molecular complexity index is 941. The molecule has 0 aliphatic carbocycles. The lowest BCUT2D eigenvalue weighted by atomic mass is 10.4. The van der Waals surface area contributed by atoms with E-state index in [2.05, 4.69) is 15.3 Å². The first-order valence-corrected chi connectivity index (χ1v) is 8.97. The first kappa shape index (κ1) is 17.3. The largest absolute Gasteiger partial charge is 0.467 e. The highest BCUT2D eigenvalue weighted by molar-refractivity contribution is 7.99. The molecule has 0 spiro atoms. The van der Waals surface area contributed by atoms with Gasteiger partial charge >= 0.3 is 0 Å². The molecule has 7 nitrogen and oxygen atoms in total. The molecule has 0 atom stereocenters. The standard InChI is InChI=1S/C17H20N4O3S/c1-10(2)18-14(22)9-25-17-20-13-7-11(3)19-15(13)16(23)21(17)8-12-5-4-6-24-12/h4-7,10,19H,8-9H2,1-3H3,(H,18,22). The van der Waals surface area contributed by atoms with Crippen molar-refractivity contribution in [2.75, 3.05) is 5.75 Å². The molecule has 2 N–H and O–H groups in total. The number of furan rings is 1. The number of hydrogen-bond donors (Lipinski definition) is 2. The van der Waals surface area contributed by atoms with Crippen LogP contribution in [0.5, 0.6) is 0 Å². The monoisotopic (exact) mass is 360 g/mol. The number of aryl methyl sites for hydroxylation is 1. The number of carbonyl (C=O) groups excluding carboxylic acids is 1. The van der Waals surface area contributed by atoms with Crippen molar-refractivity contribution < 1.29 is 9.21 Å². The van der Waals surface area contributed by atoms with Crippen LogP contribution in [-0.4, -0.2) is 32.2 Å². The van der Waals surface area contributed by atoms with E-state index in [-0.39, 0.29) is 29.8 Å². The molecule has 0 aliphatic heterocycles. The van der Waals surface area contributed by atoms with Crippen LogP contribution in [0.4, 0.5) is 0 Å². The van der Waals surface area contributed by atoms with E-state index < -0.39 is 0 Å². The molecule has 1 amide bonds. The molecule has 0 unspecified atom stereocenters. The summed E-state index contributed by atoms with van der Waals surface area (Å²) in [6, 6.07) is 5.47. The van der Waals surface area contributed by atoms with Gasteiger partial charge in [-0.3, -0.25) is 14.2 Å². The Labute approximate surface area is 148 Å². The van der Waals surface area contributed by atoms with Crippen LogP contribution >= 0.6 is 11.8 Å². The number of amides is 1. The number of H-pyrrole nitrogens is 1. The van der Waals surface area contributed by atoms with Crippen LogP contribution in [0.1, 0.15) is 25.3 Å². The minimum atomic E-state index is -0.179. The van der Waals surface area contributed by atoms with Crippen LogP contribution in [0.3, 0.4) is 0 Å². The highest BCUT2D eigenvalue weighted by Crippen LogP contribution is 2.19. The van der Waals surface area contributed by atoms with Gasteiger partial charge in [0.2, 0.25) is 5.91 Å². The first-order chi connectivity index (χ1) is 11.9. The number of nitrogens with zero attached hydrogens (tertiary/aromatic N) is 2. The summed E-state index contributed by atoms with van der Waals surface area (Å²) in [6.45, 7) is 5.95. The van der Waals surface area contributed by atoms with Crippen molar-refractivity contribution in [1.82, 2.24) is 19.9 Å². The number of aromatic nitrogens is 3. The van der Waals surface area contributed by atoms with Gasteiger partial charge in [-0.2, -0.15) is 0 Å². The van der Waals surface area contributed by atoms with Crippen molar-refractivity contribution in [3.05, 3.63) is 46.3 Å². The number of carbonyl (C=O) groups is 1. The van der Waals surface area contributed by atoms with E-state index in [0.29, 0.717) is 22.0 Å². The van der Waals surface area contributed by atoms with Crippen molar-refractivity contribution in [2.24, 2.45) is 0 Å². The summed E-state index contributed by atoms with van der Waals surface area (Å²) in [5, 5.41) is 3.33. The molecule has 132 valence electrons. The van der Waals surface area contributed by atoms with E-state index in [4.69, 9.17) is 4.42 Å². The van der Waals surface area contributed by atoms with E-state index >= 15 is 0 Å². The maximum absolute atomic E-state index is 12.8. The van der Waals surface area contributed by atoms with Crippen LogP contribution in [-0.2, 0) is 11.3 Å². The molecular weight excluding hydrogens is 340 g/mol. The van der Waals surface area contributed by atoms with Crippen molar-refractivity contribution in [3.63, 3.8) is 0 Å². The Balaban J connectivity index is 1.96. The van der Waals surface area contributed by atoms with Gasteiger partial charge in [-0.25, -0.2) is 4.98 Å². The average Bonchev–Trinajstić information content (AvgIpc) is 3.16. The van der Waals surface area contributed by atoms with Gasteiger partial charge < -0.3 is 14.7 Å². The number of rotatable bonds is 6. The Morgan fingerprint density at radius 1 is 1.48 bits per heavy atom. The topological polar surface area (TPSA) is 92.9 Å². The number of thioether (sulfide) groups is 1. The molecule has 3 heterocycles. The van der Waals surface area contributed by atoms with Gasteiger partial charge in [-0.1, -0.05) is 11.8 Å². The van der Waals surface area contributed by atoms with Crippen LogP contribution < -0.4 is 10.9 Å². The van der Waals surface area contributed by atoms with Gasteiger partial charge in [-0.05, 0) is 39.0 Å². The molecule has 3 aromatic heterocycles. The zero-order chi connectivity index (χ0) is 18.0. The second-order valence-corrected chi connectivity index (χ2v) is 7.03. The van der Waals surface area contributed by atoms with E-state index in [1.54, 1.807) is 18.4 Å². The molecule has 0 aliphatic rings. The van der Waals surface area contributed by atoms with E-state index in [1.807, 2.05) is 26.8 Å². The third kappa shape index (κ3) is 3.96. The fraction of sp³-hybridized carbons (Fsp3) is 0.353. The van der Waals surface area contributed by atoms with Gasteiger partial charge in [0.1, 0.15) is 11.3 Å². The van der Waals surface area contributed by atoms with E-state index in [9.17, 15) is 9.59 Å². The molecule has 0 aromatic carbocycles. The number of nitrogens with one attached hydrogen (secondary N) is 2. The summed E-state index contributed by atoms with van der Waals surface area (Å²) in [5.74, 6) is 0.752. The number of fused-ring (bicyclic) bond motifs is 1. The lowest BCUT2D eigenvalue weighted by Gasteiger charge is -2.12. The van der Waals surface area contributed by atoms with Crippen molar-refractivity contribution >= 4 is 28.7 Å². The molecule has 0 saturated carbocycles. The lowest BCUT2D eigenvalue weighted by molar-refractivity contribution is -0.119. The minimum absolute atomic E-state index is 0.0705. The highest BCUT2D eigenvalue weighted by atomic mass is 32.2. The van der Waals surface area contributed by atoms with Crippen molar-refractivity contribution in [2.45, 2.75) is 38.5 Å². The van der Waals surface area contributed by atoms with Crippen LogP contribution in [0.2, 0.25) is 0 Å². The summed E-state index contributed by atoms with van der Waals surface area (Å²) >= 11 is 1.24. The minimum Gasteiger partial charge on any atom is -0.467 e. The Morgan fingerprint density at radius 2 is 2.28 bits per heavy atom. The predicted octanol–water partition coefficient (Wildman–Crippen LogP) is 2.29. The van der Waals surface area contributed by atoms with Crippen LogP contribution in [0, 0.1) is 6.92 Å². The number of hydrogen-bond acceptors (Lipinski definition) is 5. The van der Waals surface area contributed by atoms with Crippen LogP contribution in [0.15, 0.2) is 38.8 Å². The molecular formula is C17H20N4O3S. The molecule has 0 radical (unpaired) electrons. The van der Waals surface area contributed by atoms with Gasteiger partial charge in [0, 0.05) is 11.7 Å². The summed E-state index contributed by atoms with van der Waals surface area (Å²) < 4.78 is 6.89. The fourth-order valence-corrected chi connectivity index (χ4v) is 3.32. The summed E-state index contributed by atoms with van der Waals surface area (Å²) in [7, 11) is 0. The fourth-order valence-electron chi connectivity index (χ4n) is 2.51. The SMILES string of the molecule is Cc1cc2nc(SCC(=O)NC(C)C)n(Cc3ccco3)c(=O)c2[nH]1. The van der Waals surface area contributed by atoms with Gasteiger partial charge in [0.05, 0.1) is 24.1 Å². The second kappa shape index (κ2) is 7.18. The molecule has 8 heteroatoms. The maximum atomic E-state index is 12.8. The average molecular weight is 360 g/mol. The third-order valence-corrected chi connectivity index (χ3v) is 4.49. The Kier molecular flexibility index (Phi) is 4.98. The van der Waals surface area contributed by atoms with E-state index in [1.165, 1.54) is 16.3 Å². The molecule has 0 fully saturated rings. The molecule has 3 aromatic rings. The third-order valence-electron chi connectivity index (χ3n) is 3.51. The van der Waals surface area contributed by atoms with Crippen LogP contribution in [0.25, 0.3) is 11.0 Å². The molecule has 0 bridgehead atoms.